The van der Waals surface area contributed by atoms with Crippen molar-refractivity contribution in [1.82, 2.24) is 18.8 Å². The van der Waals surface area contributed by atoms with E-state index in [9.17, 15) is 0 Å². The van der Waals surface area contributed by atoms with Crippen LogP contribution >= 0.6 is 11.6 Å². The summed E-state index contributed by atoms with van der Waals surface area (Å²) in [7, 11) is -1.46. The maximum atomic E-state index is 6.45. The first kappa shape index (κ1) is 30.8. The normalized spacial score (nSPS) is 12.7. The maximum Gasteiger partial charge on any atom is 0.0822 e. The third kappa shape index (κ3) is 4.23. The fourth-order valence-corrected chi connectivity index (χ4v) is 10.5. The maximum absolute atomic E-state index is 6.45. The second-order valence-electron chi connectivity index (χ2n) is 15.8. The van der Waals surface area contributed by atoms with Crippen molar-refractivity contribution in [3.05, 3.63) is 138 Å². The van der Waals surface area contributed by atoms with Crippen LogP contribution in [0.5, 0.6) is 0 Å². The van der Waals surface area contributed by atoms with Gasteiger partial charge in [0.1, 0.15) is 0 Å². The van der Waals surface area contributed by atoms with Crippen LogP contribution in [0, 0.1) is 13.8 Å². The number of halogens is 1. The zero-order valence-corrected chi connectivity index (χ0v) is 32.0. The van der Waals surface area contributed by atoms with E-state index in [-0.39, 0.29) is 0 Å². The SMILES string of the molecule is Cc1cc2c3ccccc3n3c4cc(Cl)cc5ccnc(c(c1)c23)c54.Cc1cc2c3ccccc3n3c4cc([Si](C)(C)C)cc5ccnc(c(c1)c23)c54. The lowest BCUT2D eigenvalue weighted by atomic mass is 10.0. The summed E-state index contributed by atoms with van der Waals surface area (Å²) in [6, 6.07) is 39.7. The first-order chi connectivity index (χ1) is 25.7. The van der Waals surface area contributed by atoms with Gasteiger partial charge in [-0.2, -0.15) is 0 Å². The molecule has 12 aromatic rings. The third-order valence-electron chi connectivity index (χ3n) is 11.3. The predicted molar refractivity (Wildman–Crippen MR) is 230 cm³/mol. The van der Waals surface area contributed by atoms with Crippen molar-refractivity contribution in [2.24, 2.45) is 0 Å². The van der Waals surface area contributed by atoms with Crippen molar-refractivity contribution in [3.63, 3.8) is 0 Å². The number of benzene rings is 6. The zero-order chi connectivity index (χ0) is 35.9. The highest BCUT2D eigenvalue weighted by molar-refractivity contribution is 6.89. The van der Waals surface area contributed by atoms with Crippen LogP contribution in [-0.2, 0) is 0 Å². The Bertz CT molecular complexity index is 3480. The highest BCUT2D eigenvalue weighted by Crippen LogP contribution is 2.42. The molecule has 12 rings (SSSR count). The van der Waals surface area contributed by atoms with E-state index >= 15 is 0 Å². The molecule has 6 heteroatoms. The molecule has 6 aromatic carbocycles. The third-order valence-corrected chi connectivity index (χ3v) is 13.6. The Labute approximate surface area is 311 Å². The summed E-state index contributed by atoms with van der Waals surface area (Å²) in [5.41, 5.74) is 12.1. The lowest BCUT2D eigenvalue weighted by Crippen LogP contribution is -2.37. The topological polar surface area (TPSA) is 34.6 Å². The van der Waals surface area contributed by atoms with Crippen LogP contribution < -0.4 is 5.19 Å². The summed E-state index contributed by atoms with van der Waals surface area (Å²) in [5.74, 6) is 0. The van der Waals surface area contributed by atoms with E-state index in [1.54, 1.807) is 0 Å². The van der Waals surface area contributed by atoms with Gasteiger partial charge in [-0.25, -0.2) is 0 Å². The molecule has 254 valence electrons. The van der Waals surface area contributed by atoms with E-state index in [1.807, 2.05) is 24.5 Å². The Hall–Kier alpha value is -5.75. The quantitative estimate of drug-likeness (QED) is 0.0962. The second-order valence-corrected chi connectivity index (χ2v) is 21.3. The minimum Gasteiger partial charge on any atom is -0.308 e. The molecule has 0 bridgehead atoms. The van der Waals surface area contributed by atoms with E-state index in [4.69, 9.17) is 21.6 Å². The molecule has 4 nitrogen and oxygen atoms in total. The number of nitrogens with zero attached hydrogens (tertiary/aromatic N) is 4. The van der Waals surface area contributed by atoms with E-state index in [0.29, 0.717) is 0 Å². The Morgan fingerprint density at radius 2 is 0.962 bits per heavy atom. The fraction of sp³-hybridized carbons (Fsp3) is 0.106. The summed E-state index contributed by atoms with van der Waals surface area (Å²) in [6.45, 7) is 11.6. The molecule has 0 fully saturated rings. The molecular weight excluding hydrogens is 684 g/mol. The summed E-state index contributed by atoms with van der Waals surface area (Å²) in [6.07, 6.45) is 3.85. The zero-order valence-electron chi connectivity index (χ0n) is 30.2. The second kappa shape index (κ2) is 10.7. The Kier molecular flexibility index (Phi) is 6.20. The molecule has 53 heavy (non-hydrogen) atoms. The number of hydrogen-bond donors (Lipinski definition) is 0. The number of rotatable bonds is 1. The number of para-hydroxylation sites is 2. The van der Waals surface area contributed by atoms with Crippen LogP contribution in [0.4, 0.5) is 0 Å². The van der Waals surface area contributed by atoms with E-state index < -0.39 is 8.07 Å². The summed E-state index contributed by atoms with van der Waals surface area (Å²) in [4.78, 5) is 9.61. The number of aryl methyl sites for hydroxylation is 2. The first-order valence-electron chi connectivity index (χ1n) is 18.3. The Morgan fingerprint density at radius 1 is 0.491 bits per heavy atom. The van der Waals surface area contributed by atoms with Gasteiger partial charge in [0.05, 0.1) is 52.2 Å². The van der Waals surface area contributed by atoms with Crippen molar-refractivity contribution in [3.8, 4) is 0 Å². The van der Waals surface area contributed by atoms with Gasteiger partial charge in [-0.05, 0) is 102 Å². The van der Waals surface area contributed by atoms with Crippen molar-refractivity contribution in [1.29, 1.82) is 0 Å². The van der Waals surface area contributed by atoms with Crippen LogP contribution in [0.2, 0.25) is 24.7 Å². The molecule has 0 aliphatic rings. The van der Waals surface area contributed by atoms with Crippen LogP contribution in [0.1, 0.15) is 11.1 Å². The van der Waals surface area contributed by atoms with Gasteiger partial charge in [0.2, 0.25) is 0 Å². The number of pyridine rings is 4. The highest BCUT2D eigenvalue weighted by Gasteiger charge is 2.23. The lowest BCUT2D eigenvalue weighted by molar-refractivity contribution is 1.33. The van der Waals surface area contributed by atoms with E-state index in [2.05, 4.69) is 139 Å². The average Bonchev–Trinajstić information content (AvgIpc) is 3.65. The molecule has 0 saturated carbocycles. The molecule has 6 heterocycles. The molecule has 0 spiro atoms. The van der Waals surface area contributed by atoms with Crippen molar-refractivity contribution >= 4 is 123 Å². The van der Waals surface area contributed by atoms with Crippen LogP contribution in [-0.4, -0.2) is 26.8 Å². The molecule has 0 unspecified atom stereocenters. The summed E-state index contributed by atoms with van der Waals surface area (Å²) in [5, 5.41) is 14.8. The summed E-state index contributed by atoms with van der Waals surface area (Å²) < 4.78 is 4.84. The van der Waals surface area contributed by atoms with E-state index in [1.165, 1.54) is 92.4 Å². The summed E-state index contributed by atoms with van der Waals surface area (Å²) >= 11 is 6.45. The number of hydrogen-bond acceptors (Lipinski definition) is 2. The molecule has 0 atom stereocenters. The van der Waals surface area contributed by atoms with Crippen LogP contribution in [0.25, 0.3) is 98.0 Å². The lowest BCUT2D eigenvalue weighted by Gasteiger charge is -2.20. The molecule has 0 aliphatic heterocycles. The minimum absolute atomic E-state index is 0.751. The Balaban J connectivity index is 0.000000126. The number of fused-ring (bicyclic) bond motifs is 10. The molecule has 0 aliphatic carbocycles. The smallest absolute Gasteiger partial charge is 0.0822 e. The molecule has 0 amide bonds. The van der Waals surface area contributed by atoms with E-state index in [0.717, 1.165) is 27.0 Å². The van der Waals surface area contributed by atoms with Crippen molar-refractivity contribution in [2.45, 2.75) is 33.5 Å². The van der Waals surface area contributed by atoms with Crippen molar-refractivity contribution in [2.75, 3.05) is 0 Å². The largest absolute Gasteiger partial charge is 0.308 e. The first-order valence-corrected chi connectivity index (χ1v) is 22.1. The van der Waals surface area contributed by atoms with Crippen LogP contribution in [0.3, 0.4) is 0 Å². The molecule has 6 aromatic heterocycles. The average molecular weight is 719 g/mol. The fourth-order valence-electron chi connectivity index (χ4n) is 9.09. The molecule has 0 N–H and O–H groups in total. The van der Waals surface area contributed by atoms with Gasteiger partial charge >= 0.3 is 0 Å². The van der Waals surface area contributed by atoms with Gasteiger partial charge in [0, 0.05) is 60.5 Å². The predicted octanol–water partition coefficient (Wildman–Crippen LogP) is 12.6. The van der Waals surface area contributed by atoms with Gasteiger partial charge in [-0.1, -0.05) is 78.9 Å². The van der Waals surface area contributed by atoms with Gasteiger partial charge in [0.15, 0.2) is 0 Å². The molecule has 0 saturated heterocycles. The Morgan fingerprint density at radius 3 is 1.49 bits per heavy atom. The standard InChI is InChI=1S/C25H22N2Si.C22H13ClN2/c1-15-11-19-18-7-5-6-8-21(18)27-22-14-17(28(2,3)4)13-16-9-10-26-24(23(16)22)20(12-15)25(19)27;1-12-8-16-15-4-2-3-5-18(15)25-19-11-14(23)10-13-6-7-24-21(20(13)19)17(9-12)22(16)25/h5-14H,1-4H3;2-11H,1H3. The van der Waals surface area contributed by atoms with Crippen molar-refractivity contribution < 1.29 is 0 Å². The minimum atomic E-state index is -1.46. The highest BCUT2D eigenvalue weighted by atomic mass is 35.5. The molecular formula is C47H35ClN4Si. The van der Waals surface area contributed by atoms with Gasteiger partial charge < -0.3 is 8.80 Å². The van der Waals surface area contributed by atoms with Gasteiger partial charge in [-0.15, -0.1) is 0 Å². The van der Waals surface area contributed by atoms with Gasteiger partial charge in [0.25, 0.3) is 0 Å². The monoisotopic (exact) mass is 718 g/mol. The van der Waals surface area contributed by atoms with Crippen LogP contribution in [0.15, 0.2) is 122 Å². The van der Waals surface area contributed by atoms with Gasteiger partial charge in [-0.3, -0.25) is 9.97 Å². The molecule has 0 radical (unpaired) electrons. The number of aromatic nitrogens is 4.